The van der Waals surface area contributed by atoms with Gasteiger partial charge in [0.05, 0.1) is 6.04 Å². The van der Waals surface area contributed by atoms with Crippen molar-refractivity contribution in [3.63, 3.8) is 0 Å². The first-order valence-electron chi connectivity index (χ1n) is 8.32. The Morgan fingerprint density at radius 1 is 1.19 bits per heavy atom. The minimum atomic E-state index is -0.786. The molecule has 1 amide bonds. The fraction of sp³-hybridized carbons (Fsp3) is 0.875. The van der Waals surface area contributed by atoms with E-state index in [9.17, 15) is 14.7 Å². The molecule has 3 unspecified atom stereocenters. The van der Waals surface area contributed by atoms with Crippen molar-refractivity contribution >= 4 is 11.9 Å². The monoisotopic (exact) mass is 296 g/mol. The summed E-state index contributed by atoms with van der Waals surface area (Å²) in [6, 6.07) is -0.825. The number of amides is 1. The number of likely N-dealkylation sites (tertiary alicyclic amines) is 2. The average Bonchev–Trinajstić information content (AvgIpc) is 2.53. The van der Waals surface area contributed by atoms with E-state index in [2.05, 4.69) is 6.92 Å². The third-order valence-electron chi connectivity index (χ3n) is 5.14. The summed E-state index contributed by atoms with van der Waals surface area (Å²) in [4.78, 5) is 28.0. The van der Waals surface area contributed by atoms with Crippen molar-refractivity contribution < 1.29 is 14.7 Å². The van der Waals surface area contributed by atoms with E-state index < -0.39 is 12.0 Å². The van der Waals surface area contributed by atoms with E-state index in [0.717, 1.165) is 45.3 Å². The van der Waals surface area contributed by atoms with Crippen molar-refractivity contribution in [2.75, 3.05) is 19.6 Å². The van der Waals surface area contributed by atoms with Crippen LogP contribution in [-0.2, 0) is 9.59 Å². The molecule has 0 aromatic rings. The van der Waals surface area contributed by atoms with Crippen LogP contribution in [0, 0.1) is 5.92 Å². The van der Waals surface area contributed by atoms with Crippen LogP contribution in [0.15, 0.2) is 0 Å². The Morgan fingerprint density at radius 3 is 2.43 bits per heavy atom. The van der Waals surface area contributed by atoms with Gasteiger partial charge in [0.1, 0.15) is 6.04 Å². The van der Waals surface area contributed by atoms with Crippen molar-refractivity contribution in [2.24, 2.45) is 5.92 Å². The highest BCUT2D eigenvalue weighted by Crippen LogP contribution is 2.28. The van der Waals surface area contributed by atoms with Gasteiger partial charge >= 0.3 is 5.97 Å². The number of carboxylic acids is 1. The van der Waals surface area contributed by atoms with Crippen LogP contribution >= 0.6 is 0 Å². The van der Waals surface area contributed by atoms with E-state index in [-0.39, 0.29) is 11.9 Å². The van der Waals surface area contributed by atoms with Gasteiger partial charge in [-0.1, -0.05) is 13.3 Å². The number of aliphatic carboxylic acids is 1. The van der Waals surface area contributed by atoms with Gasteiger partial charge in [-0.3, -0.25) is 14.5 Å². The molecule has 0 spiro atoms. The first-order chi connectivity index (χ1) is 10.0. The zero-order chi connectivity index (χ0) is 15.4. The maximum absolute atomic E-state index is 12.6. The molecule has 5 nitrogen and oxygen atoms in total. The number of piperidine rings is 2. The van der Waals surface area contributed by atoms with Gasteiger partial charge in [-0.2, -0.15) is 0 Å². The summed E-state index contributed by atoms with van der Waals surface area (Å²) in [5, 5.41) is 9.50. The van der Waals surface area contributed by atoms with Crippen LogP contribution in [0.5, 0.6) is 0 Å². The van der Waals surface area contributed by atoms with Gasteiger partial charge in [-0.25, -0.2) is 0 Å². The molecule has 2 aliphatic rings. The van der Waals surface area contributed by atoms with Crippen LogP contribution in [0.25, 0.3) is 0 Å². The summed E-state index contributed by atoms with van der Waals surface area (Å²) in [5.41, 5.74) is 0. The van der Waals surface area contributed by atoms with Gasteiger partial charge in [0.25, 0.3) is 0 Å². The summed E-state index contributed by atoms with van der Waals surface area (Å²) in [7, 11) is 0. The lowest BCUT2D eigenvalue weighted by atomic mass is 9.88. The summed E-state index contributed by atoms with van der Waals surface area (Å²) in [6.07, 6.45) is 6.02. The highest BCUT2D eigenvalue weighted by Gasteiger charge is 2.38. The topological polar surface area (TPSA) is 60.9 Å². The second-order valence-corrected chi connectivity index (χ2v) is 6.45. The van der Waals surface area contributed by atoms with E-state index in [0.29, 0.717) is 12.3 Å². The Morgan fingerprint density at radius 2 is 1.86 bits per heavy atom. The second kappa shape index (κ2) is 7.25. The molecule has 0 aromatic carbocycles. The van der Waals surface area contributed by atoms with E-state index in [4.69, 9.17) is 0 Å². The van der Waals surface area contributed by atoms with Gasteiger partial charge in [0, 0.05) is 19.6 Å². The normalized spacial score (nSPS) is 29.1. The lowest BCUT2D eigenvalue weighted by Crippen LogP contribution is -2.56. The summed E-state index contributed by atoms with van der Waals surface area (Å²) >= 11 is 0. The molecular weight excluding hydrogens is 268 g/mol. The van der Waals surface area contributed by atoms with Gasteiger partial charge in [-0.15, -0.1) is 0 Å². The van der Waals surface area contributed by atoms with Crippen molar-refractivity contribution in [1.29, 1.82) is 0 Å². The smallest absolute Gasteiger partial charge is 0.320 e. The fourth-order valence-corrected chi connectivity index (χ4v) is 3.65. The summed E-state index contributed by atoms with van der Waals surface area (Å²) in [6.45, 7) is 6.36. The third-order valence-corrected chi connectivity index (χ3v) is 5.14. The molecule has 0 bridgehead atoms. The lowest BCUT2D eigenvalue weighted by molar-refractivity contribution is -0.150. The van der Waals surface area contributed by atoms with Gasteiger partial charge in [0.2, 0.25) is 5.91 Å². The first-order valence-corrected chi connectivity index (χ1v) is 8.32. The summed E-state index contributed by atoms with van der Waals surface area (Å²) in [5.74, 6) is -0.206. The van der Waals surface area contributed by atoms with Crippen molar-refractivity contribution in [3.05, 3.63) is 0 Å². The number of nitrogens with zero attached hydrogens (tertiary/aromatic N) is 2. The van der Waals surface area contributed by atoms with Crippen LogP contribution in [0.4, 0.5) is 0 Å². The zero-order valence-electron chi connectivity index (χ0n) is 13.3. The van der Waals surface area contributed by atoms with E-state index in [1.165, 1.54) is 6.42 Å². The molecule has 1 N–H and O–H groups in total. The van der Waals surface area contributed by atoms with E-state index in [1.807, 2.05) is 16.7 Å². The van der Waals surface area contributed by atoms with Crippen LogP contribution in [0.3, 0.4) is 0 Å². The molecule has 2 saturated heterocycles. The largest absolute Gasteiger partial charge is 0.480 e. The van der Waals surface area contributed by atoms with Crippen molar-refractivity contribution in [2.45, 2.75) is 64.5 Å². The Balaban J connectivity index is 2.03. The number of hydrogen-bond donors (Lipinski definition) is 1. The molecule has 2 aliphatic heterocycles. The van der Waals surface area contributed by atoms with Crippen molar-refractivity contribution in [3.8, 4) is 0 Å². The van der Waals surface area contributed by atoms with Gasteiger partial charge in [-0.05, 0) is 44.9 Å². The Hall–Kier alpha value is -1.10. The average molecular weight is 296 g/mol. The molecule has 120 valence electrons. The Bertz CT molecular complexity index is 380. The number of rotatable bonds is 4. The molecule has 5 heteroatoms. The summed E-state index contributed by atoms with van der Waals surface area (Å²) < 4.78 is 0. The number of carbonyl (C=O) groups is 2. The number of hydrogen-bond acceptors (Lipinski definition) is 3. The predicted molar refractivity (Wildman–Crippen MR) is 81.0 cm³/mol. The molecule has 2 rings (SSSR count). The van der Waals surface area contributed by atoms with Crippen LogP contribution in [0.2, 0.25) is 0 Å². The first kappa shape index (κ1) is 16.3. The van der Waals surface area contributed by atoms with Crippen molar-refractivity contribution in [1.82, 2.24) is 9.80 Å². The molecule has 2 heterocycles. The third kappa shape index (κ3) is 3.76. The standard InChI is InChI=1S/C16H28N2O3/c1-3-13-7-10-18(14(11-13)16(20)21)12(2)15(19)17-8-5-4-6-9-17/h12-14H,3-11H2,1-2H3,(H,20,21). The predicted octanol–water partition coefficient (Wildman–Crippen LogP) is 1.96. The SMILES string of the molecule is CCC1CCN(C(C)C(=O)N2CCCCC2)C(C(=O)O)C1. The molecular formula is C16H28N2O3. The molecule has 2 fully saturated rings. The van der Waals surface area contributed by atoms with Gasteiger partial charge < -0.3 is 10.0 Å². The number of carboxylic acid groups (broad SMARTS) is 1. The van der Waals surface area contributed by atoms with Crippen LogP contribution in [0.1, 0.15) is 52.4 Å². The quantitative estimate of drug-likeness (QED) is 0.861. The molecule has 0 aliphatic carbocycles. The molecule has 0 aromatic heterocycles. The Kier molecular flexibility index (Phi) is 5.62. The highest BCUT2D eigenvalue weighted by molar-refractivity contribution is 5.83. The van der Waals surface area contributed by atoms with Crippen LogP contribution < -0.4 is 0 Å². The van der Waals surface area contributed by atoms with E-state index >= 15 is 0 Å². The molecule has 21 heavy (non-hydrogen) atoms. The molecule has 0 saturated carbocycles. The van der Waals surface area contributed by atoms with E-state index in [1.54, 1.807) is 0 Å². The van der Waals surface area contributed by atoms with Crippen LogP contribution in [-0.4, -0.2) is 58.5 Å². The maximum Gasteiger partial charge on any atom is 0.320 e. The molecule has 0 radical (unpaired) electrons. The Labute approximate surface area is 127 Å². The highest BCUT2D eigenvalue weighted by atomic mass is 16.4. The lowest BCUT2D eigenvalue weighted by Gasteiger charge is -2.41. The second-order valence-electron chi connectivity index (χ2n) is 6.45. The molecule has 3 atom stereocenters. The minimum Gasteiger partial charge on any atom is -0.480 e. The van der Waals surface area contributed by atoms with Gasteiger partial charge in [0.15, 0.2) is 0 Å². The fourth-order valence-electron chi connectivity index (χ4n) is 3.65. The minimum absolute atomic E-state index is 0.107. The maximum atomic E-state index is 12.6. The number of carbonyl (C=O) groups excluding carboxylic acids is 1. The zero-order valence-corrected chi connectivity index (χ0v) is 13.3.